The molecule has 0 N–H and O–H groups in total. The normalized spacial score (nSPS) is 10.0. The van der Waals surface area contributed by atoms with Gasteiger partial charge in [-0.1, -0.05) is 8.96 Å². The van der Waals surface area contributed by atoms with Crippen LogP contribution in [0.15, 0.2) is 12.1 Å². The highest BCUT2D eigenvalue weighted by atomic mass is 19.4. The van der Waals surface area contributed by atoms with Gasteiger partial charge < -0.3 is 0 Å². The molecule has 0 aliphatic rings. The van der Waals surface area contributed by atoms with E-state index in [2.05, 4.69) is 0 Å². The highest BCUT2D eigenvalue weighted by molar-refractivity contribution is 5.62. The Kier molecular flexibility index (Phi) is 2.59. The second kappa shape index (κ2) is 3.52. The van der Waals surface area contributed by atoms with E-state index in [1.807, 2.05) is 0 Å². The van der Waals surface area contributed by atoms with Crippen molar-refractivity contribution in [3.8, 4) is 0 Å². The molecule has 0 saturated heterocycles. The van der Waals surface area contributed by atoms with Crippen molar-refractivity contribution >= 4 is 11.4 Å². The number of nitro groups is 1. The van der Waals surface area contributed by atoms with Crippen LogP contribution in [0, 0.1) is 22.9 Å². The minimum Gasteiger partial charge on any atom is -0.258 e. The van der Waals surface area contributed by atoms with Gasteiger partial charge in [-0.2, -0.15) is 0 Å². The van der Waals surface area contributed by atoms with Crippen LogP contribution in [0.3, 0.4) is 0 Å². The molecule has 0 radical (unpaired) electrons. The number of nitro benzene ring substituents is 1. The number of nitrogens with zero attached hydrogens (tertiary/aromatic N) is 2. The van der Waals surface area contributed by atoms with Crippen molar-refractivity contribution in [1.82, 2.24) is 0 Å². The molecule has 7 heteroatoms. The molecule has 0 aliphatic carbocycles. The first-order valence-corrected chi connectivity index (χ1v) is 3.50. The molecule has 1 aromatic rings. The van der Waals surface area contributed by atoms with Crippen molar-refractivity contribution in [1.29, 1.82) is 0 Å². The molecule has 0 aliphatic heterocycles. The van der Waals surface area contributed by atoms with Gasteiger partial charge in [0.1, 0.15) is 0 Å². The van der Waals surface area contributed by atoms with Crippen LogP contribution < -0.4 is 5.34 Å². The molecule has 0 unspecified atom stereocenters. The Labute approximate surface area is 76.6 Å². The zero-order valence-electron chi connectivity index (χ0n) is 7.00. The minimum absolute atomic E-state index is 0.0779. The first-order valence-electron chi connectivity index (χ1n) is 3.50. The Hall–Kier alpha value is -1.79. The van der Waals surface area contributed by atoms with E-state index in [9.17, 15) is 23.5 Å². The smallest absolute Gasteiger partial charge is 0.258 e. The summed E-state index contributed by atoms with van der Waals surface area (Å²) in [6.45, 7) is 1.24. The fourth-order valence-electron chi connectivity index (χ4n) is 0.963. The molecule has 1 aromatic carbocycles. The molecule has 0 saturated carbocycles. The monoisotopic (exact) mass is 206 g/mol. The summed E-state index contributed by atoms with van der Waals surface area (Å²) in [7, 11) is 0. The van der Waals surface area contributed by atoms with Gasteiger partial charge in [0.05, 0.1) is 4.92 Å². The predicted octanol–water partition coefficient (Wildman–Crippen LogP) is 2.62. The molecule has 14 heavy (non-hydrogen) atoms. The summed E-state index contributed by atoms with van der Waals surface area (Å²) < 4.78 is 37.3. The maximum atomic E-state index is 13.0. The van der Waals surface area contributed by atoms with Crippen LogP contribution in [0.5, 0.6) is 0 Å². The highest BCUT2D eigenvalue weighted by Gasteiger charge is 2.25. The van der Waals surface area contributed by atoms with Crippen LogP contribution in [0.1, 0.15) is 5.56 Å². The molecule has 0 atom stereocenters. The summed E-state index contributed by atoms with van der Waals surface area (Å²) in [5.41, 5.74) is -2.35. The zero-order valence-corrected chi connectivity index (χ0v) is 7.00. The lowest BCUT2D eigenvalue weighted by atomic mass is 10.2. The lowest BCUT2D eigenvalue weighted by Gasteiger charge is -2.06. The molecule has 0 amide bonds. The molecule has 76 valence electrons. The minimum atomic E-state index is -1.60. The Morgan fingerprint density at radius 1 is 1.43 bits per heavy atom. The molecule has 0 fully saturated rings. The van der Waals surface area contributed by atoms with E-state index in [0.717, 1.165) is 12.1 Å². The number of hydrogen-bond donors (Lipinski definition) is 0. The quantitative estimate of drug-likeness (QED) is 0.424. The second-order valence-corrected chi connectivity index (χ2v) is 2.55. The Bertz CT molecular complexity index is 381. The number of rotatable bonds is 2. The first-order chi connectivity index (χ1) is 6.45. The summed E-state index contributed by atoms with van der Waals surface area (Å²) >= 11 is 0. The maximum Gasteiger partial charge on any atom is 0.301 e. The maximum absolute atomic E-state index is 13.0. The van der Waals surface area contributed by atoms with Crippen LogP contribution in [0.4, 0.5) is 24.7 Å². The van der Waals surface area contributed by atoms with E-state index in [-0.39, 0.29) is 5.56 Å². The molecule has 0 spiro atoms. The second-order valence-electron chi connectivity index (χ2n) is 2.55. The van der Waals surface area contributed by atoms with Crippen LogP contribution >= 0.6 is 0 Å². The average Bonchev–Trinajstić information content (AvgIpc) is 2.08. The fourth-order valence-corrected chi connectivity index (χ4v) is 0.963. The van der Waals surface area contributed by atoms with E-state index < -0.39 is 27.5 Å². The van der Waals surface area contributed by atoms with Gasteiger partial charge in [-0.25, -0.2) is 4.39 Å². The van der Waals surface area contributed by atoms with Crippen LogP contribution in [0.2, 0.25) is 0 Å². The number of anilines is 1. The van der Waals surface area contributed by atoms with Crippen molar-refractivity contribution in [2.45, 2.75) is 6.92 Å². The van der Waals surface area contributed by atoms with E-state index in [1.165, 1.54) is 6.92 Å². The average molecular weight is 206 g/mol. The summed E-state index contributed by atoms with van der Waals surface area (Å²) in [4.78, 5) is 9.20. The van der Waals surface area contributed by atoms with Crippen molar-refractivity contribution in [2.75, 3.05) is 5.34 Å². The van der Waals surface area contributed by atoms with Gasteiger partial charge in [0.25, 0.3) is 0 Å². The molecule has 4 nitrogen and oxygen atoms in total. The molecule has 0 aromatic heterocycles. The topological polar surface area (TPSA) is 46.4 Å². The molecule has 1 rings (SSSR count). The van der Waals surface area contributed by atoms with Gasteiger partial charge in [-0.3, -0.25) is 10.1 Å². The zero-order chi connectivity index (χ0) is 10.9. The van der Waals surface area contributed by atoms with Gasteiger partial charge in [-0.15, -0.1) is 0 Å². The van der Waals surface area contributed by atoms with E-state index in [1.54, 1.807) is 0 Å². The fraction of sp³-hybridized carbons (Fsp3) is 0.143. The molecular formula is C7H5F3N2O2. The van der Waals surface area contributed by atoms with Crippen molar-refractivity contribution < 1.29 is 18.3 Å². The standard InChI is InChI=1S/C7H5F3N2O2/c1-4-2-3-5(12(13)14)7(6(4)8)11(9)10/h2-3H,1H3. The largest absolute Gasteiger partial charge is 0.301 e. The third-order valence-electron chi connectivity index (χ3n) is 1.65. The van der Waals surface area contributed by atoms with Crippen molar-refractivity contribution in [2.24, 2.45) is 0 Å². The van der Waals surface area contributed by atoms with Gasteiger partial charge in [0.2, 0.25) is 5.69 Å². The summed E-state index contributed by atoms with van der Waals surface area (Å²) in [5, 5.41) is 8.67. The summed E-state index contributed by atoms with van der Waals surface area (Å²) in [6.07, 6.45) is 0. The third kappa shape index (κ3) is 1.61. The third-order valence-corrected chi connectivity index (χ3v) is 1.65. The van der Waals surface area contributed by atoms with Gasteiger partial charge >= 0.3 is 5.69 Å². The summed E-state index contributed by atoms with van der Waals surface area (Å²) in [5.74, 6) is -1.29. The SMILES string of the molecule is Cc1ccc([N+](=O)[O-])c(N(F)F)c1F. The Balaban J connectivity index is 3.45. The Morgan fingerprint density at radius 2 is 2.00 bits per heavy atom. The first kappa shape index (κ1) is 10.3. The van der Waals surface area contributed by atoms with Crippen LogP contribution in [0.25, 0.3) is 0 Å². The van der Waals surface area contributed by atoms with E-state index in [4.69, 9.17) is 0 Å². The Morgan fingerprint density at radius 3 is 2.43 bits per heavy atom. The van der Waals surface area contributed by atoms with Gasteiger partial charge in [-0.05, 0) is 23.9 Å². The van der Waals surface area contributed by atoms with E-state index in [0.29, 0.717) is 0 Å². The van der Waals surface area contributed by atoms with Crippen molar-refractivity contribution in [3.63, 3.8) is 0 Å². The molecule has 0 heterocycles. The number of aryl methyl sites for hydroxylation is 1. The van der Waals surface area contributed by atoms with E-state index >= 15 is 0 Å². The molecule has 0 bridgehead atoms. The predicted molar refractivity (Wildman–Crippen MR) is 42.5 cm³/mol. The van der Waals surface area contributed by atoms with Gasteiger partial charge in [0.15, 0.2) is 5.82 Å². The molecular weight excluding hydrogens is 201 g/mol. The van der Waals surface area contributed by atoms with Gasteiger partial charge in [0, 0.05) is 6.07 Å². The lowest BCUT2D eigenvalue weighted by Crippen LogP contribution is -2.05. The van der Waals surface area contributed by atoms with Crippen molar-refractivity contribution in [3.05, 3.63) is 33.6 Å². The van der Waals surface area contributed by atoms with Crippen LogP contribution in [-0.2, 0) is 0 Å². The lowest BCUT2D eigenvalue weighted by molar-refractivity contribution is -0.384. The highest BCUT2D eigenvalue weighted by Crippen LogP contribution is 2.33. The van der Waals surface area contributed by atoms with Crippen LogP contribution in [-0.4, -0.2) is 4.92 Å². The number of hydrogen-bond acceptors (Lipinski definition) is 3. The summed E-state index contributed by atoms with van der Waals surface area (Å²) in [6, 6.07) is 1.90. The number of halogens is 3. The number of benzene rings is 1.